The third-order valence-electron chi connectivity index (χ3n) is 1.83. The average molecular weight is 288 g/mol. The number of pyridine rings is 1. The molecule has 0 aromatic carbocycles. The van der Waals surface area contributed by atoms with Crippen LogP contribution in [0.5, 0.6) is 0 Å². The molecule has 0 radical (unpaired) electrons. The van der Waals surface area contributed by atoms with E-state index in [-0.39, 0.29) is 0 Å². The van der Waals surface area contributed by atoms with Crippen molar-refractivity contribution in [3.05, 3.63) is 40.1 Å². The highest BCUT2D eigenvalue weighted by atomic mass is 79.9. The van der Waals surface area contributed by atoms with Crippen molar-refractivity contribution in [2.75, 3.05) is 5.32 Å². The second kappa shape index (κ2) is 4.63. The van der Waals surface area contributed by atoms with Crippen LogP contribution in [-0.2, 0) is 6.54 Å². The van der Waals surface area contributed by atoms with Gasteiger partial charge in [-0.1, -0.05) is 11.6 Å². The molecule has 78 valence electrons. The number of anilines is 1. The SMILES string of the molecule is Clc1ncc(NCc2cnc[nH]2)cc1Br. The summed E-state index contributed by atoms with van der Waals surface area (Å²) in [6, 6.07) is 1.88. The predicted octanol–water partition coefficient (Wildman–Crippen LogP) is 2.83. The highest BCUT2D eigenvalue weighted by molar-refractivity contribution is 9.10. The molecule has 0 bridgehead atoms. The fourth-order valence-corrected chi connectivity index (χ4v) is 1.55. The van der Waals surface area contributed by atoms with E-state index in [0.717, 1.165) is 15.9 Å². The number of aromatic amines is 1. The Hall–Kier alpha value is -1.07. The highest BCUT2D eigenvalue weighted by Gasteiger charge is 2.00. The topological polar surface area (TPSA) is 53.6 Å². The molecule has 6 heteroatoms. The zero-order chi connectivity index (χ0) is 10.7. The van der Waals surface area contributed by atoms with Crippen molar-refractivity contribution in [3.63, 3.8) is 0 Å². The number of aromatic nitrogens is 3. The van der Waals surface area contributed by atoms with Gasteiger partial charge in [0.05, 0.1) is 34.9 Å². The van der Waals surface area contributed by atoms with E-state index in [1.54, 1.807) is 18.7 Å². The summed E-state index contributed by atoms with van der Waals surface area (Å²) < 4.78 is 0.777. The van der Waals surface area contributed by atoms with Crippen LogP contribution in [0.3, 0.4) is 0 Å². The Morgan fingerprint density at radius 1 is 1.47 bits per heavy atom. The molecule has 2 aromatic heterocycles. The molecule has 15 heavy (non-hydrogen) atoms. The van der Waals surface area contributed by atoms with E-state index in [0.29, 0.717) is 11.7 Å². The van der Waals surface area contributed by atoms with Gasteiger partial charge in [-0.15, -0.1) is 0 Å². The first-order valence-electron chi connectivity index (χ1n) is 4.28. The number of nitrogens with one attached hydrogen (secondary N) is 2. The van der Waals surface area contributed by atoms with Gasteiger partial charge in [-0.05, 0) is 22.0 Å². The van der Waals surface area contributed by atoms with Gasteiger partial charge in [0.25, 0.3) is 0 Å². The van der Waals surface area contributed by atoms with Crippen LogP contribution in [0.1, 0.15) is 5.69 Å². The second-order valence-electron chi connectivity index (χ2n) is 2.93. The van der Waals surface area contributed by atoms with Crippen molar-refractivity contribution >= 4 is 33.2 Å². The summed E-state index contributed by atoms with van der Waals surface area (Å²) >= 11 is 9.09. The Labute approximate surface area is 100 Å². The second-order valence-corrected chi connectivity index (χ2v) is 4.14. The van der Waals surface area contributed by atoms with Crippen LogP contribution in [0, 0.1) is 0 Å². The van der Waals surface area contributed by atoms with Crippen molar-refractivity contribution in [2.24, 2.45) is 0 Å². The third kappa shape index (κ3) is 2.70. The number of nitrogens with zero attached hydrogens (tertiary/aromatic N) is 2. The molecule has 0 fully saturated rings. The van der Waals surface area contributed by atoms with E-state index in [2.05, 4.69) is 36.2 Å². The molecular weight excluding hydrogens is 279 g/mol. The van der Waals surface area contributed by atoms with Crippen LogP contribution in [0.4, 0.5) is 5.69 Å². The molecule has 4 nitrogen and oxygen atoms in total. The van der Waals surface area contributed by atoms with Gasteiger partial charge >= 0.3 is 0 Å². The lowest BCUT2D eigenvalue weighted by Crippen LogP contribution is -2.00. The zero-order valence-electron chi connectivity index (χ0n) is 7.67. The molecule has 0 aliphatic rings. The molecule has 0 saturated carbocycles. The first kappa shape index (κ1) is 10.4. The fraction of sp³-hybridized carbons (Fsp3) is 0.111. The van der Waals surface area contributed by atoms with Crippen molar-refractivity contribution in [3.8, 4) is 0 Å². The number of rotatable bonds is 3. The van der Waals surface area contributed by atoms with Crippen LogP contribution in [-0.4, -0.2) is 15.0 Å². The van der Waals surface area contributed by atoms with Crippen molar-refractivity contribution in [1.29, 1.82) is 0 Å². The lowest BCUT2D eigenvalue weighted by molar-refractivity contribution is 1.07. The van der Waals surface area contributed by atoms with Crippen LogP contribution in [0.2, 0.25) is 5.15 Å². The number of hydrogen-bond donors (Lipinski definition) is 2. The van der Waals surface area contributed by atoms with Gasteiger partial charge in [0.15, 0.2) is 0 Å². The largest absolute Gasteiger partial charge is 0.378 e. The lowest BCUT2D eigenvalue weighted by atomic mass is 10.4. The number of H-pyrrole nitrogens is 1. The molecule has 2 aromatic rings. The van der Waals surface area contributed by atoms with Gasteiger partial charge in [-0.25, -0.2) is 9.97 Å². The van der Waals surface area contributed by atoms with Gasteiger partial charge in [0.2, 0.25) is 0 Å². The fourth-order valence-electron chi connectivity index (χ4n) is 1.10. The third-order valence-corrected chi connectivity index (χ3v) is 2.97. The maximum atomic E-state index is 5.78. The molecule has 2 heterocycles. The summed E-state index contributed by atoms with van der Waals surface area (Å²) in [5.74, 6) is 0. The van der Waals surface area contributed by atoms with Crippen molar-refractivity contribution < 1.29 is 0 Å². The monoisotopic (exact) mass is 286 g/mol. The van der Waals surface area contributed by atoms with Crippen LogP contribution in [0.25, 0.3) is 0 Å². The minimum absolute atomic E-state index is 0.460. The average Bonchev–Trinajstić information content (AvgIpc) is 2.73. The Bertz CT molecular complexity index is 443. The summed E-state index contributed by atoms with van der Waals surface area (Å²) in [4.78, 5) is 10.9. The maximum Gasteiger partial charge on any atom is 0.143 e. The standard InChI is InChI=1S/C9H8BrClN4/c10-8-1-6(3-14-9(8)11)13-4-7-2-12-5-15-7/h1-3,5,13H,4H2,(H,12,15). The normalized spacial score (nSPS) is 10.3. The lowest BCUT2D eigenvalue weighted by Gasteiger charge is -2.05. The molecule has 0 saturated heterocycles. The van der Waals surface area contributed by atoms with Crippen molar-refractivity contribution in [2.45, 2.75) is 6.54 Å². The van der Waals surface area contributed by atoms with Gasteiger partial charge in [0.1, 0.15) is 5.15 Å². The van der Waals surface area contributed by atoms with E-state index in [1.807, 2.05) is 6.07 Å². The van der Waals surface area contributed by atoms with Gasteiger partial charge < -0.3 is 10.3 Å². The number of imidazole rings is 1. The first-order valence-corrected chi connectivity index (χ1v) is 5.45. The summed E-state index contributed by atoms with van der Waals surface area (Å²) in [5, 5.41) is 3.65. The van der Waals surface area contributed by atoms with E-state index >= 15 is 0 Å². The van der Waals surface area contributed by atoms with E-state index < -0.39 is 0 Å². The van der Waals surface area contributed by atoms with Gasteiger partial charge in [-0.3, -0.25) is 0 Å². The quantitative estimate of drug-likeness (QED) is 0.854. The van der Waals surface area contributed by atoms with Crippen molar-refractivity contribution in [1.82, 2.24) is 15.0 Å². The summed E-state index contributed by atoms with van der Waals surface area (Å²) in [6.45, 7) is 0.676. The minimum atomic E-state index is 0.460. The summed E-state index contributed by atoms with van der Waals surface area (Å²) in [7, 11) is 0. The molecule has 0 aliphatic carbocycles. The minimum Gasteiger partial charge on any atom is -0.378 e. The molecule has 0 amide bonds. The van der Waals surface area contributed by atoms with Crippen LogP contribution >= 0.6 is 27.5 Å². The summed E-state index contributed by atoms with van der Waals surface area (Å²) in [5.41, 5.74) is 1.92. The zero-order valence-corrected chi connectivity index (χ0v) is 10.0. The molecule has 0 atom stereocenters. The maximum absolute atomic E-state index is 5.78. The van der Waals surface area contributed by atoms with Crippen LogP contribution in [0.15, 0.2) is 29.3 Å². The van der Waals surface area contributed by atoms with E-state index in [4.69, 9.17) is 11.6 Å². The van der Waals surface area contributed by atoms with Crippen LogP contribution < -0.4 is 5.32 Å². The predicted molar refractivity (Wildman–Crippen MR) is 62.9 cm³/mol. The Morgan fingerprint density at radius 3 is 3.00 bits per heavy atom. The Kier molecular flexibility index (Phi) is 3.23. The molecule has 2 N–H and O–H groups in total. The Balaban J connectivity index is 2.02. The smallest absolute Gasteiger partial charge is 0.143 e. The van der Waals surface area contributed by atoms with Gasteiger partial charge in [0, 0.05) is 6.20 Å². The van der Waals surface area contributed by atoms with E-state index in [9.17, 15) is 0 Å². The summed E-state index contributed by atoms with van der Waals surface area (Å²) in [6.07, 6.45) is 5.10. The molecular formula is C9H8BrClN4. The Morgan fingerprint density at radius 2 is 2.33 bits per heavy atom. The van der Waals surface area contributed by atoms with Gasteiger partial charge in [-0.2, -0.15) is 0 Å². The van der Waals surface area contributed by atoms with E-state index in [1.165, 1.54) is 0 Å². The number of hydrogen-bond acceptors (Lipinski definition) is 3. The molecule has 0 unspecified atom stereocenters. The molecule has 2 rings (SSSR count). The first-order chi connectivity index (χ1) is 7.25. The molecule has 0 spiro atoms. The number of halogens is 2. The molecule has 0 aliphatic heterocycles. The highest BCUT2D eigenvalue weighted by Crippen LogP contribution is 2.22.